The number of rotatable bonds is 1. The van der Waals surface area contributed by atoms with Crippen LogP contribution in [0.25, 0.3) is 0 Å². The second-order valence-electron chi connectivity index (χ2n) is 5.04. The van der Waals surface area contributed by atoms with Gasteiger partial charge in [-0.25, -0.2) is 0 Å². The number of carbonyl (C=O) groups is 1. The first kappa shape index (κ1) is 11.0. The lowest BCUT2D eigenvalue weighted by Gasteiger charge is -2.16. The van der Waals surface area contributed by atoms with E-state index in [0.717, 1.165) is 17.0 Å². The van der Waals surface area contributed by atoms with E-state index in [-0.39, 0.29) is 11.3 Å². The molecule has 1 aromatic rings. The van der Waals surface area contributed by atoms with E-state index in [9.17, 15) is 4.79 Å². The Balaban J connectivity index is 2.53. The summed E-state index contributed by atoms with van der Waals surface area (Å²) in [6.07, 6.45) is 0. The van der Waals surface area contributed by atoms with Crippen LogP contribution in [0.5, 0.6) is 5.75 Å². The number of aryl methyl sites for hydroxylation is 1. The molecule has 2 rings (SSSR count). The maximum atomic E-state index is 11.1. The van der Waals surface area contributed by atoms with E-state index >= 15 is 0 Å². The molecular weight excluding hydrogens is 202 g/mol. The van der Waals surface area contributed by atoms with Crippen LogP contribution in [-0.4, -0.2) is 12.5 Å². The zero-order valence-corrected chi connectivity index (χ0v) is 10.2. The number of fused-ring (bicyclic) bond motifs is 1. The van der Waals surface area contributed by atoms with Crippen molar-refractivity contribution < 1.29 is 9.53 Å². The van der Waals surface area contributed by atoms with Gasteiger partial charge in [-0.15, -0.1) is 0 Å². The van der Waals surface area contributed by atoms with Crippen molar-refractivity contribution >= 4 is 11.6 Å². The van der Waals surface area contributed by atoms with Crippen LogP contribution in [-0.2, 0) is 10.2 Å². The van der Waals surface area contributed by atoms with Gasteiger partial charge in [0.1, 0.15) is 5.75 Å². The SMILES string of the molecule is CC(=O)Nc1cc(C)cc2c1OCC2(C)C. The van der Waals surface area contributed by atoms with E-state index in [1.54, 1.807) is 0 Å². The number of hydrogen-bond acceptors (Lipinski definition) is 2. The number of amides is 1. The van der Waals surface area contributed by atoms with Gasteiger partial charge in [0.25, 0.3) is 0 Å². The van der Waals surface area contributed by atoms with Gasteiger partial charge in [-0.05, 0) is 18.6 Å². The summed E-state index contributed by atoms with van der Waals surface area (Å²) >= 11 is 0. The first-order chi connectivity index (χ1) is 7.40. The molecule has 0 spiro atoms. The fourth-order valence-corrected chi connectivity index (χ4v) is 2.04. The molecule has 1 heterocycles. The normalized spacial score (nSPS) is 16.5. The minimum absolute atomic E-state index is 0.0224. The van der Waals surface area contributed by atoms with Crippen molar-refractivity contribution in [3.63, 3.8) is 0 Å². The number of anilines is 1. The maximum Gasteiger partial charge on any atom is 0.221 e. The van der Waals surface area contributed by atoms with Crippen LogP contribution < -0.4 is 10.1 Å². The summed E-state index contributed by atoms with van der Waals surface area (Å²) < 4.78 is 5.69. The maximum absolute atomic E-state index is 11.1. The molecule has 0 radical (unpaired) electrons. The second kappa shape index (κ2) is 3.51. The van der Waals surface area contributed by atoms with Crippen LogP contribution in [0, 0.1) is 6.92 Å². The van der Waals surface area contributed by atoms with Crippen LogP contribution in [0.15, 0.2) is 12.1 Å². The van der Waals surface area contributed by atoms with Crippen molar-refractivity contribution in [1.29, 1.82) is 0 Å². The number of benzene rings is 1. The van der Waals surface area contributed by atoms with Crippen LogP contribution in [0.1, 0.15) is 31.9 Å². The average molecular weight is 219 g/mol. The molecule has 1 amide bonds. The average Bonchev–Trinajstić information content (AvgIpc) is 2.42. The molecule has 16 heavy (non-hydrogen) atoms. The Morgan fingerprint density at radius 2 is 2.12 bits per heavy atom. The molecule has 1 aliphatic rings. The summed E-state index contributed by atoms with van der Waals surface area (Å²) in [5, 5.41) is 2.82. The molecule has 3 nitrogen and oxygen atoms in total. The van der Waals surface area contributed by atoms with E-state index in [1.165, 1.54) is 12.5 Å². The summed E-state index contributed by atoms with van der Waals surface area (Å²) in [5.41, 5.74) is 3.12. The number of hydrogen-bond donors (Lipinski definition) is 1. The van der Waals surface area contributed by atoms with Crippen LogP contribution in [0.2, 0.25) is 0 Å². The molecule has 3 heteroatoms. The highest BCUT2D eigenvalue weighted by molar-refractivity contribution is 5.91. The van der Waals surface area contributed by atoms with Gasteiger partial charge in [0.15, 0.2) is 0 Å². The molecule has 0 unspecified atom stereocenters. The Morgan fingerprint density at radius 3 is 2.75 bits per heavy atom. The summed E-state index contributed by atoms with van der Waals surface area (Å²) in [6.45, 7) is 8.50. The molecule has 0 bridgehead atoms. The van der Waals surface area contributed by atoms with Gasteiger partial charge in [0.05, 0.1) is 12.3 Å². The molecule has 0 fully saturated rings. The monoisotopic (exact) mass is 219 g/mol. The molecule has 0 aliphatic carbocycles. The lowest BCUT2D eigenvalue weighted by atomic mass is 9.86. The van der Waals surface area contributed by atoms with Crippen LogP contribution >= 0.6 is 0 Å². The van der Waals surface area contributed by atoms with Gasteiger partial charge < -0.3 is 10.1 Å². The van der Waals surface area contributed by atoms with E-state index in [0.29, 0.717) is 6.61 Å². The lowest BCUT2D eigenvalue weighted by Crippen LogP contribution is -2.18. The molecule has 0 atom stereocenters. The van der Waals surface area contributed by atoms with Crippen molar-refractivity contribution in [3.8, 4) is 5.75 Å². The van der Waals surface area contributed by atoms with E-state index in [1.807, 2.05) is 13.0 Å². The lowest BCUT2D eigenvalue weighted by molar-refractivity contribution is -0.114. The molecule has 0 saturated heterocycles. The largest absolute Gasteiger partial charge is 0.490 e. The van der Waals surface area contributed by atoms with Gasteiger partial charge in [-0.3, -0.25) is 4.79 Å². The molecule has 1 N–H and O–H groups in total. The predicted octanol–water partition coefficient (Wildman–Crippen LogP) is 2.62. The Hall–Kier alpha value is -1.51. The van der Waals surface area contributed by atoms with E-state index in [4.69, 9.17) is 4.74 Å². The Labute approximate surface area is 95.8 Å². The van der Waals surface area contributed by atoms with Gasteiger partial charge in [0.2, 0.25) is 5.91 Å². The van der Waals surface area contributed by atoms with E-state index in [2.05, 4.69) is 25.2 Å². The minimum Gasteiger partial charge on any atom is -0.490 e. The number of ether oxygens (including phenoxy) is 1. The molecule has 1 aliphatic heterocycles. The molecule has 0 aromatic heterocycles. The zero-order valence-electron chi connectivity index (χ0n) is 10.2. The number of nitrogens with one attached hydrogen (secondary N) is 1. The van der Waals surface area contributed by atoms with Crippen molar-refractivity contribution in [1.82, 2.24) is 0 Å². The second-order valence-corrected chi connectivity index (χ2v) is 5.04. The number of carbonyl (C=O) groups excluding carboxylic acids is 1. The van der Waals surface area contributed by atoms with Gasteiger partial charge in [-0.1, -0.05) is 19.9 Å². The highest BCUT2D eigenvalue weighted by atomic mass is 16.5. The third-order valence-electron chi connectivity index (χ3n) is 2.85. The topological polar surface area (TPSA) is 38.3 Å². The quantitative estimate of drug-likeness (QED) is 0.788. The Bertz CT molecular complexity index is 449. The first-order valence-corrected chi connectivity index (χ1v) is 5.46. The first-order valence-electron chi connectivity index (χ1n) is 5.46. The fourth-order valence-electron chi connectivity index (χ4n) is 2.04. The summed E-state index contributed by atoms with van der Waals surface area (Å²) in [4.78, 5) is 11.1. The zero-order chi connectivity index (χ0) is 11.9. The Kier molecular flexibility index (Phi) is 2.41. The van der Waals surface area contributed by atoms with Crippen molar-refractivity contribution in [2.24, 2.45) is 0 Å². The van der Waals surface area contributed by atoms with Gasteiger partial charge in [0, 0.05) is 17.9 Å². The highest BCUT2D eigenvalue weighted by Crippen LogP contribution is 2.43. The minimum atomic E-state index is -0.0684. The molecular formula is C13H17NO2. The molecule has 86 valence electrons. The third kappa shape index (κ3) is 1.77. The fraction of sp³-hybridized carbons (Fsp3) is 0.462. The Morgan fingerprint density at radius 1 is 1.44 bits per heavy atom. The van der Waals surface area contributed by atoms with Crippen LogP contribution in [0.3, 0.4) is 0 Å². The summed E-state index contributed by atoms with van der Waals surface area (Å²) in [7, 11) is 0. The van der Waals surface area contributed by atoms with Crippen molar-refractivity contribution in [2.75, 3.05) is 11.9 Å². The molecule has 0 saturated carbocycles. The predicted molar refractivity (Wildman–Crippen MR) is 64.0 cm³/mol. The van der Waals surface area contributed by atoms with Crippen molar-refractivity contribution in [2.45, 2.75) is 33.1 Å². The van der Waals surface area contributed by atoms with Crippen LogP contribution in [0.4, 0.5) is 5.69 Å². The smallest absolute Gasteiger partial charge is 0.221 e. The highest BCUT2D eigenvalue weighted by Gasteiger charge is 2.33. The van der Waals surface area contributed by atoms with Gasteiger partial charge in [-0.2, -0.15) is 0 Å². The van der Waals surface area contributed by atoms with Crippen molar-refractivity contribution in [3.05, 3.63) is 23.3 Å². The summed E-state index contributed by atoms with van der Waals surface area (Å²) in [6, 6.07) is 4.08. The van der Waals surface area contributed by atoms with E-state index < -0.39 is 0 Å². The standard InChI is InChI=1S/C13H17NO2/c1-8-5-10-12(16-7-13(10,3)4)11(6-8)14-9(2)15/h5-6H,7H2,1-4H3,(H,14,15). The van der Waals surface area contributed by atoms with Gasteiger partial charge >= 0.3 is 0 Å². The third-order valence-corrected chi connectivity index (χ3v) is 2.85. The molecule has 1 aromatic carbocycles. The summed E-state index contributed by atoms with van der Waals surface area (Å²) in [5.74, 6) is 0.756.